The average molecular weight is 466 g/mol. The number of hydrogen-bond donors (Lipinski definition) is 0. The van der Waals surface area contributed by atoms with Crippen molar-refractivity contribution in [2.45, 2.75) is 13.8 Å². The molecule has 0 unspecified atom stereocenters. The highest BCUT2D eigenvalue weighted by molar-refractivity contribution is 5.74. The summed E-state index contributed by atoms with van der Waals surface area (Å²) in [5, 5.41) is 0. The Morgan fingerprint density at radius 1 is 0.735 bits per heavy atom. The zero-order valence-corrected chi connectivity index (χ0v) is 19.1. The Bertz CT molecular complexity index is 1040. The van der Waals surface area contributed by atoms with Gasteiger partial charge in [0.2, 0.25) is 0 Å². The third kappa shape index (κ3) is 5.89. The van der Waals surface area contributed by atoms with Crippen molar-refractivity contribution in [1.29, 1.82) is 0 Å². The van der Waals surface area contributed by atoms with E-state index in [4.69, 9.17) is 28.4 Å². The van der Waals surface area contributed by atoms with E-state index in [-0.39, 0.29) is 26.4 Å². The smallest absolute Gasteiger partial charge is 0.344 e. The standard InChI is InChI=1S/C26H26O8/c1-17-7-9-29-23-13-19(3-5-21(17)23)33-15-25(27)31-11-12-32-26(28)16-34-20-4-6-22-18(2)8-10-30-24(22)14-20/h3-8,13-14H,9-12,15-16H2,1-2H3. The second-order valence-corrected chi connectivity index (χ2v) is 7.73. The molecule has 8 heteroatoms. The summed E-state index contributed by atoms with van der Waals surface area (Å²) in [5.41, 5.74) is 4.27. The molecular weight excluding hydrogens is 440 g/mol. The van der Waals surface area contributed by atoms with Gasteiger partial charge in [-0.1, -0.05) is 0 Å². The maximum absolute atomic E-state index is 11.9. The van der Waals surface area contributed by atoms with Gasteiger partial charge in [-0.3, -0.25) is 0 Å². The molecule has 2 aliphatic rings. The van der Waals surface area contributed by atoms with Crippen LogP contribution in [0, 0.1) is 0 Å². The van der Waals surface area contributed by atoms with Gasteiger partial charge in [0.25, 0.3) is 0 Å². The summed E-state index contributed by atoms with van der Waals surface area (Å²) in [5.74, 6) is 1.31. The first-order chi connectivity index (χ1) is 16.5. The van der Waals surface area contributed by atoms with E-state index in [1.807, 2.05) is 38.1 Å². The molecule has 2 aromatic carbocycles. The molecule has 8 nitrogen and oxygen atoms in total. The first-order valence-corrected chi connectivity index (χ1v) is 10.9. The molecule has 4 rings (SSSR count). The summed E-state index contributed by atoms with van der Waals surface area (Å²) >= 11 is 0. The normalized spacial score (nSPS) is 13.7. The maximum atomic E-state index is 11.9. The Kier molecular flexibility index (Phi) is 7.37. The van der Waals surface area contributed by atoms with E-state index >= 15 is 0 Å². The van der Waals surface area contributed by atoms with Crippen LogP contribution >= 0.6 is 0 Å². The summed E-state index contributed by atoms with van der Waals surface area (Å²) in [6.45, 7) is 4.35. The van der Waals surface area contributed by atoms with Crippen molar-refractivity contribution in [3.63, 3.8) is 0 Å². The van der Waals surface area contributed by atoms with Gasteiger partial charge in [0.05, 0.1) is 0 Å². The zero-order chi connectivity index (χ0) is 23.9. The van der Waals surface area contributed by atoms with Crippen LogP contribution in [0.5, 0.6) is 23.0 Å². The van der Waals surface area contributed by atoms with Gasteiger partial charge in [-0.15, -0.1) is 0 Å². The molecule has 0 atom stereocenters. The lowest BCUT2D eigenvalue weighted by Gasteiger charge is -2.17. The second kappa shape index (κ2) is 10.8. The summed E-state index contributed by atoms with van der Waals surface area (Å²) < 4.78 is 32.2. The van der Waals surface area contributed by atoms with Crippen molar-refractivity contribution in [3.05, 3.63) is 59.7 Å². The number of carbonyl (C=O) groups is 2. The van der Waals surface area contributed by atoms with Crippen molar-refractivity contribution in [2.75, 3.05) is 39.6 Å². The highest BCUT2D eigenvalue weighted by Gasteiger charge is 2.14. The van der Waals surface area contributed by atoms with E-state index in [1.54, 1.807) is 24.3 Å². The van der Waals surface area contributed by atoms with E-state index in [0.717, 1.165) is 33.8 Å². The number of hydrogen-bond acceptors (Lipinski definition) is 8. The van der Waals surface area contributed by atoms with Gasteiger partial charge in [0.1, 0.15) is 49.4 Å². The van der Waals surface area contributed by atoms with Crippen LogP contribution in [-0.2, 0) is 19.1 Å². The lowest BCUT2D eigenvalue weighted by molar-refractivity contribution is -0.154. The Morgan fingerprint density at radius 3 is 1.62 bits per heavy atom. The fraction of sp³-hybridized carbons (Fsp3) is 0.308. The molecule has 0 fully saturated rings. The Morgan fingerprint density at radius 2 is 1.18 bits per heavy atom. The number of benzene rings is 2. The molecule has 0 aliphatic carbocycles. The van der Waals surface area contributed by atoms with Gasteiger partial charge >= 0.3 is 11.9 Å². The van der Waals surface area contributed by atoms with Crippen LogP contribution in [0.1, 0.15) is 25.0 Å². The number of fused-ring (bicyclic) bond motifs is 2. The minimum atomic E-state index is -0.569. The van der Waals surface area contributed by atoms with E-state index in [0.29, 0.717) is 24.7 Å². The van der Waals surface area contributed by atoms with Gasteiger partial charge in [-0.25, -0.2) is 9.59 Å². The van der Waals surface area contributed by atoms with E-state index < -0.39 is 11.9 Å². The predicted octanol–water partition coefficient (Wildman–Crippen LogP) is 3.82. The quantitative estimate of drug-likeness (QED) is 0.407. The largest absolute Gasteiger partial charge is 0.489 e. The van der Waals surface area contributed by atoms with Gasteiger partial charge in [-0.05, 0) is 61.4 Å². The second-order valence-electron chi connectivity index (χ2n) is 7.73. The topological polar surface area (TPSA) is 89.5 Å². The summed E-state index contributed by atoms with van der Waals surface area (Å²) in [7, 11) is 0. The highest BCUT2D eigenvalue weighted by atomic mass is 16.6. The minimum Gasteiger partial charge on any atom is -0.489 e. The molecule has 0 radical (unpaired) electrons. The molecule has 2 aromatic rings. The lowest BCUT2D eigenvalue weighted by atomic mass is 10.0. The van der Waals surface area contributed by atoms with Crippen molar-refractivity contribution < 1.29 is 38.0 Å². The number of esters is 2. The van der Waals surface area contributed by atoms with Gasteiger partial charge in [0.15, 0.2) is 13.2 Å². The molecule has 0 saturated heterocycles. The SMILES string of the molecule is CC1=CCOc2cc(OCC(=O)OCCOC(=O)COc3ccc4c(c3)OCC=C4C)ccc21. The third-order valence-corrected chi connectivity index (χ3v) is 5.34. The average Bonchev–Trinajstić information content (AvgIpc) is 2.84. The van der Waals surface area contributed by atoms with Crippen molar-refractivity contribution in [3.8, 4) is 23.0 Å². The monoisotopic (exact) mass is 466 g/mol. The van der Waals surface area contributed by atoms with Crippen molar-refractivity contribution >= 4 is 23.1 Å². The van der Waals surface area contributed by atoms with Crippen LogP contribution in [0.2, 0.25) is 0 Å². The van der Waals surface area contributed by atoms with Gasteiger partial charge in [0, 0.05) is 23.3 Å². The highest BCUT2D eigenvalue weighted by Crippen LogP contribution is 2.33. The fourth-order valence-corrected chi connectivity index (χ4v) is 3.49. The number of carbonyl (C=O) groups excluding carboxylic acids is 2. The van der Waals surface area contributed by atoms with Crippen LogP contribution in [-0.4, -0.2) is 51.6 Å². The van der Waals surface area contributed by atoms with Crippen LogP contribution in [0.4, 0.5) is 0 Å². The number of ether oxygens (including phenoxy) is 6. The molecule has 178 valence electrons. The van der Waals surface area contributed by atoms with E-state index in [2.05, 4.69) is 0 Å². The van der Waals surface area contributed by atoms with Gasteiger partial charge in [-0.2, -0.15) is 0 Å². The molecule has 0 bridgehead atoms. The number of allylic oxidation sites excluding steroid dienone is 2. The molecule has 0 aromatic heterocycles. The van der Waals surface area contributed by atoms with E-state index in [9.17, 15) is 9.59 Å². The van der Waals surface area contributed by atoms with Crippen LogP contribution in [0.3, 0.4) is 0 Å². The lowest BCUT2D eigenvalue weighted by Crippen LogP contribution is -2.21. The molecule has 0 N–H and O–H groups in total. The fourth-order valence-electron chi connectivity index (χ4n) is 3.49. The summed E-state index contributed by atoms with van der Waals surface area (Å²) in [4.78, 5) is 23.8. The maximum Gasteiger partial charge on any atom is 0.344 e. The first-order valence-electron chi connectivity index (χ1n) is 10.9. The Hall–Kier alpha value is -3.94. The van der Waals surface area contributed by atoms with Crippen LogP contribution < -0.4 is 18.9 Å². The Labute approximate surface area is 197 Å². The summed E-state index contributed by atoms with van der Waals surface area (Å²) in [6.07, 6.45) is 4.00. The van der Waals surface area contributed by atoms with Crippen LogP contribution in [0.15, 0.2) is 48.6 Å². The molecular formula is C26H26O8. The molecule has 0 saturated carbocycles. The molecule has 0 amide bonds. The molecule has 2 aliphatic heterocycles. The molecule has 34 heavy (non-hydrogen) atoms. The van der Waals surface area contributed by atoms with Gasteiger partial charge < -0.3 is 28.4 Å². The predicted molar refractivity (Wildman–Crippen MR) is 124 cm³/mol. The number of rotatable bonds is 9. The summed E-state index contributed by atoms with van der Waals surface area (Å²) in [6, 6.07) is 10.8. The van der Waals surface area contributed by atoms with Crippen molar-refractivity contribution in [1.82, 2.24) is 0 Å². The first kappa shape index (κ1) is 23.2. The minimum absolute atomic E-state index is 0.0798. The molecule has 0 spiro atoms. The Balaban J connectivity index is 1.12. The zero-order valence-electron chi connectivity index (χ0n) is 19.1. The van der Waals surface area contributed by atoms with Crippen molar-refractivity contribution in [2.24, 2.45) is 0 Å². The van der Waals surface area contributed by atoms with E-state index in [1.165, 1.54) is 0 Å². The van der Waals surface area contributed by atoms with Crippen LogP contribution in [0.25, 0.3) is 11.1 Å². The third-order valence-electron chi connectivity index (χ3n) is 5.34. The molecule has 2 heterocycles.